The van der Waals surface area contributed by atoms with Crippen LogP contribution in [-0.2, 0) is 6.42 Å². The van der Waals surface area contributed by atoms with Gasteiger partial charge in [-0.05, 0) is 24.5 Å². The van der Waals surface area contributed by atoms with Crippen molar-refractivity contribution >= 4 is 5.96 Å². The molecule has 3 nitrogen and oxygen atoms in total. The highest BCUT2D eigenvalue weighted by Gasteiger charge is 2.16. The van der Waals surface area contributed by atoms with Crippen LogP contribution in [0.1, 0.15) is 12.0 Å². The third-order valence-electron chi connectivity index (χ3n) is 2.95. The van der Waals surface area contributed by atoms with E-state index in [1.807, 2.05) is 4.90 Å². The lowest BCUT2D eigenvalue weighted by Gasteiger charge is -2.31. The van der Waals surface area contributed by atoms with Gasteiger partial charge < -0.3 is 10.6 Å². The standard InChI is InChI=1S/C12H14F3N3/c13-9-3-2-8(10(14)11(9)15)4-5-17-12(16)18-6-1-7-18/h2-3H,1,4-7H2,(H2,16,17). The highest BCUT2D eigenvalue weighted by atomic mass is 19.2. The van der Waals surface area contributed by atoms with Crippen LogP contribution in [-0.4, -0.2) is 30.5 Å². The molecule has 0 atom stereocenters. The number of benzene rings is 1. The highest BCUT2D eigenvalue weighted by molar-refractivity contribution is 5.78. The minimum Gasteiger partial charge on any atom is -0.370 e. The molecule has 2 N–H and O–H groups in total. The summed E-state index contributed by atoms with van der Waals surface area (Å²) in [7, 11) is 0. The third kappa shape index (κ3) is 2.57. The second kappa shape index (κ2) is 5.29. The quantitative estimate of drug-likeness (QED) is 0.508. The Kier molecular flexibility index (Phi) is 3.74. The molecule has 2 rings (SSSR count). The minimum atomic E-state index is -1.44. The van der Waals surface area contributed by atoms with Gasteiger partial charge in [0.2, 0.25) is 0 Å². The Morgan fingerprint density at radius 1 is 1.22 bits per heavy atom. The van der Waals surface area contributed by atoms with Gasteiger partial charge in [0.15, 0.2) is 23.4 Å². The maximum atomic E-state index is 13.3. The van der Waals surface area contributed by atoms with E-state index in [9.17, 15) is 13.2 Å². The summed E-state index contributed by atoms with van der Waals surface area (Å²) in [6, 6.07) is 2.14. The predicted molar refractivity (Wildman–Crippen MR) is 62.7 cm³/mol. The highest BCUT2D eigenvalue weighted by Crippen LogP contribution is 2.15. The molecule has 98 valence electrons. The first-order chi connectivity index (χ1) is 8.59. The number of nitrogens with two attached hydrogens (primary N) is 1. The first kappa shape index (κ1) is 12.7. The SMILES string of the molecule is NC(=NCCc1ccc(F)c(F)c1F)N1CCC1. The van der Waals surface area contributed by atoms with E-state index in [1.165, 1.54) is 6.07 Å². The van der Waals surface area contributed by atoms with Crippen LogP contribution in [0.3, 0.4) is 0 Å². The van der Waals surface area contributed by atoms with Gasteiger partial charge in [0, 0.05) is 19.6 Å². The van der Waals surface area contributed by atoms with Crippen LogP contribution in [0.15, 0.2) is 17.1 Å². The molecule has 1 heterocycles. The summed E-state index contributed by atoms with van der Waals surface area (Å²) in [5, 5.41) is 0. The van der Waals surface area contributed by atoms with Crippen molar-refractivity contribution in [3.05, 3.63) is 35.1 Å². The number of halogens is 3. The molecule has 1 fully saturated rings. The van der Waals surface area contributed by atoms with Gasteiger partial charge in [0.1, 0.15) is 0 Å². The third-order valence-corrected chi connectivity index (χ3v) is 2.95. The van der Waals surface area contributed by atoms with Crippen molar-refractivity contribution in [2.45, 2.75) is 12.8 Å². The maximum absolute atomic E-state index is 13.3. The Morgan fingerprint density at radius 3 is 2.56 bits per heavy atom. The first-order valence-electron chi connectivity index (χ1n) is 5.77. The minimum absolute atomic E-state index is 0.106. The fourth-order valence-corrected chi connectivity index (χ4v) is 1.70. The van der Waals surface area contributed by atoms with E-state index in [-0.39, 0.29) is 18.5 Å². The topological polar surface area (TPSA) is 41.6 Å². The fourth-order valence-electron chi connectivity index (χ4n) is 1.70. The largest absolute Gasteiger partial charge is 0.370 e. The molecule has 1 saturated heterocycles. The second-order valence-electron chi connectivity index (χ2n) is 4.16. The lowest BCUT2D eigenvalue weighted by atomic mass is 10.1. The number of rotatable bonds is 3. The Bertz CT molecular complexity index is 470. The molecule has 1 aliphatic rings. The molecular formula is C12H14F3N3. The molecule has 0 unspecified atom stereocenters. The molecule has 1 aromatic carbocycles. The van der Waals surface area contributed by atoms with Gasteiger partial charge in [0.05, 0.1) is 0 Å². The summed E-state index contributed by atoms with van der Waals surface area (Å²) in [5.41, 5.74) is 5.79. The Balaban J connectivity index is 1.96. The summed E-state index contributed by atoms with van der Waals surface area (Å²) in [4.78, 5) is 5.98. The molecule has 18 heavy (non-hydrogen) atoms. The van der Waals surface area contributed by atoms with Gasteiger partial charge >= 0.3 is 0 Å². The maximum Gasteiger partial charge on any atom is 0.194 e. The number of nitrogens with zero attached hydrogens (tertiary/aromatic N) is 2. The van der Waals surface area contributed by atoms with E-state index in [0.717, 1.165) is 25.6 Å². The van der Waals surface area contributed by atoms with Gasteiger partial charge in [0.25, 0.3) is 0 Å². The summed E-state index contributed by atoms with van der Waals surface area (Å²) in [6.45, 7) is 2.02. The Hall–Kier alpha value is -1.72. The van der Waals surface area contributed by atoms with Crippen LogP contribution in [0.25, 0.3) is 0 Å². The number of aliphatic imine (C=N–C) groups is 1. The lowest BCUT2D eigenvalue weighted by Crippen LogP contribution is -2.46. The van der Waals surface area contributed by atoms with E-state index in [0.29, 0.717) is 5.96 Å². The van der Waals surface area contributed by atoms with Gasteiger partial charge in [-0.2, -0.15) is 0 Å². The molecule has 0 aliphatic carbocycles. The van der Waals surface area contributed by atoms with Gasteiger partial charge in [-0.25, -0.2) is 13.2 Å². The van der Waals surface area contributed by atoms with Crippen LogP contribution < -0.4 is 5.73 Å². The molecule has 1 aliphatic heterocycles. The number of likely N-dealkylation sites (tertiary alicyclic amines) is 1. The molecule has 0 aromatic heterocycles. The normalized spacial score (nSPS) is 15.7. The van der Waals surface area contributed by atoms with Crippen molar-refractivity contribution in [3.8, 4) is 0 Å². The van der Waals surface area contributed by atoms with Crippen molar-refractivity contribution in [2.75, 3.05) is 19.6 Å². The van der Waals surface area contributed by atoms with E-state index >= 15 is 0 Å². The van der Waals surface area contributed by atoms with Crippen molar-refractivity contribution in [1.82, 2.24) is 4.90 Å². The number of hydrogen-bond donors (Lipinski definition) is 1. The summed E-state index contributed by atoms with van der Waals surface area (Å²) >= 11 is 0. The molecule has 0 spiro atoms. The number of guanidine groups is 1. The van der Waals surface area contributed by atoms with E-state index < -0.39 is 17.5 Å². The zero-order valence-electron chi connectivity index (χ0n) is 9.80. The van der Waals surface area contributed by atoms with E-state index in [1.54, 1.807) is 0 Å². The first-order valence-corrected chi connectivity index (χ1v) is 5.77. The average Bonchev–Trinajstić information content (AvgIpc) is 2.27. The van der Waals surface area contributed by atoms with Crippen molar-refractivity contribution in [2.24, 2.45) is 10.7 Å². The van der Waals surface area contributed by atoms with Crippen molar-refractivity contribution < 1.29 is 13.2 Å². The van der Waals surface area contributed by atoms with E-state index in [4.69, 9.17) is 5.73 Å². The van der Waals surface area contributed by atoms with Crippen LogP contribution in [0, 0.1) is 17.5 Å². The van der Waals surface area contributed by atoms with Gasteiger partial charge in [-0.3, -0.25) is 4.99 Å². The monoisotopic (exact) mass is 257 g/mol. The molecule has 0 radical (unpaired) electrons. The molecule has 0 bridgehead atoms. The van der Waals surface area contributed by atoms with Gasteiger partial charge in [-0.15, -0.1) is 0 Å². The second-order valence-corrected chi connectivity index (χ2v) is 4.16. The fraction of sp³-hybridized carbons (Fsp3) is 0.417. The molecule has 6 heteroatoms. The molecule has 0 amide bonds. The van der Waals surface area contributed by atoms with E-state index in [2.05, 4.69) is 4.99 Å². The lowest BCUT2D eigenvalue weighted by molar-refractivity contribution is 0.295. The summed E-state index contributed by atoms with van der Waals surface area (Å²) in [6.07, 6.45) is 1.28. The zero-order valence-corrected chi connectivity index (χ0v) is 9.80. The average molecular weight is 257 g/mol. The van der Waals surface area contributed by atoms with Crippen LogP contribution in [0.5, 0.6) is 0 Å². The summed E-state index contributed by atoms with van der Waals surface area (Å²) < 4.78 is 39.0. The van der Waals surface area contributed by atoms with Crippen molar-refractivity contribution in [3.63, 3.8) is 0 Å². The Labute approximate surface area is 103 Å². The molecule has 0 saturated carbocycles. The van der Waals surface area contributed by atoms with Crippen LogP contribution >= 0.6 is 0 Å². The smallest absolute Gasteiger partial charge is 0.194 e. The number of hydrogen-bond acceptors (Lipinski definition) is 1. The van der Waals surface area contributed by atoms with Crippen LogP contribution in [0.4, 0.5) is 13.2 Å². The van der Waals surface area contributed by atoms with Crippen LogP contribution in [0.2, 0.25) is 0 Å². The van der Waals surface area contributed by atoms with Gasteiger partial charge in [-0.1, -0.05) is 6.07 Å². The van der Waals surface area contributed by atoms with Crippen molar-refractivity contribution in [1.29, 1.82) is 0 Å². The Morgan fingerprint density at radius 2 is 1.94 bits per heavy atom. The molecule has 1 aromatic rings. The zero-order chi connectivity index (χ0) is 13.1. The predicted octanol–water partition coefficient (Wildman–Crippen LogP) is 1.67. The summed E-state index contributed by atoms with van der Waals surface area (Å²) in [5.74, 6) is -3.34. The molecular weight excluding hydrogens is 243 g/mol.